The van der Waals surface area contributed by atoms with Crippen LogP contribution in [0.15, 0.2) is 22.6 Å². The van der Waals surface area contributed by atoms with E-state index in [0.717, 1.165) is 47.1 Å². The molecule has 3 nitrogen and oxygen atoms in total. The van der Waals surface area contributed by atoms with Gasteiger partial charge in [0.1, 0.15) is 11.3 Å². The Kier molecular flexibility index (Phi) is 2.27. The van der Waals surface area contributed by atoms with Crippen molar-refractivity contribution in [2.24, 2.45) is 0 Å². The molecule has 3 rings (SSSR count). The van der Waals surface area contributed by atoms with Crippen LogP contribution in [0.5, 0.6) is 0 Å². The first-order valence-corrected chi connectivity index (χ1v) is 6.28. The molecule has 1 heterocycles. The summed E-state index contributed by atoms with van der Waals surface area (Å²) in [6.07, 6.45) is 2.44. The van der Waals surface area contributed by atoms with Gasteiger partial charge < -0.3 is 9.52 Å². The van der Waals surface area contributed by atoms with E-state index in [-0.39, 0.29) is 0 Å². The largest absolute Gasteiger partial charge is 0.481 e. The van der Waals surface area contributed by atoms with E-state index in [9.17, 15) is 9.90 Å². The van der Waals surface area contributed by atoms with Gasteiger partial charge in [-0.1, -0.05) is 18.6 Å². The topological polar surface area (TPSA) is 50.4 Å². The second-order valence-corrected chi connectivity index (χ2v) is 5.23. The van der Waals surface area contributed by atoms with Gasteiger partial charge >= 0.3 is 5.97 Å². The molecule has 0 spiro atoms. The van der Waals surface area contributed by atoms with Crippen LogP contribution in [-0.4, -0.2) is 11.1 Å². The van der Waals surface area contributed by atoms with Gasteiger partial charge in [-0.25, -0.2) is 0 Å². The minimum Gasteiger partial charge on any atom is -0.481 e. The Morgan fingerprint density at radius 1 is 1.33 bits per heavy atom. The van der Waals surface area contributed by atoms with Crippen LogP contribution in [0.4, 0.5) is 0 Å². The van der Waals surface area contributed by atoms with Crippen LogP contribution >= 0.6 is 0 Å². The Labute approximate surface area is 105 Å². The lowest BCUT2D eigenvalue weighted by molar-refractivity contribution is -0.147. The van der Waals surface area contributed by atoms with E-state index in [1.807, 2.05) is 32.0 Å². The van der Waals surface area contributed by atoms with Gasteiger partial charge in [-0.2, -0.15) is 0 Å². The van der Waals surface area contributed by atoms with Crippen molar-refractivity contribution >= 4 is 16.9 Å². The molecule has 1 aromatic heterocycles. The smallest absolute Gasteiger partial charge is 0.314 e. The zero-order valence-electron chi connectivity index (χ0n) is 10.6. The zero-order chi connectivity index (χ0) is 12.9. The first-order valence-electron chi connectivity index (χ1n) is 6.28. The van der Waals surface area contributed by atoms with Gasteiger partial charge in [-0.15, -0.1) is 0 Å². The highest BCUT2D eigenvalue weighted by Crippen LogP contribution is 2.45. The average molecular weight is 244 g/mol. The van der Waals surface area contributed by atoms with Crippen molar-refractivity contribution in [1.82, 2.24) is 0 Å². The summed E-state index contributed by atoms with van der Waals surface area (Å²) < 4.78 is 5.69. The number of furan rings is 1. The standard InChI is InChI=1S/C15H16O3/c1-9-10(2)18-13-8-11(4-5-12(9)13)15(14(16)17)6-3-7-15/h4-5,8H,3,6-7H2,1-2H3,(H,16,17). The predicted molar refractivity (Wildman–Crippen MR) is 68.9 cm³/mol. The molecule has 1 saturated carbocycles. The highest BCUT2D eigenvalue weighted by molar-refractivity contribution is 5.87. The number of carbonyl (C=O) groups is 1. The Balaban J connectivity index is 2.16. The van der Waals surface area contributed by atoms with Gasteiger partial charge in [0.2, 0.25) is 0 Å². The van der Waals surface area contributed by atoms with Crippen molar-refractivity contribution in [2.75, 3.05) is 0 Å². The normalized spacial score (nSPS) is 17.7. The molecule has 1 aliphatic rings. The van der Waals surface area contributed by atoms with Gasteiger partial charge in [-0.3, -0.25) is 4.79 Å². The molecule has 0 unspecified atom stereocenters. The minimum atomic E-state index is -0.715. The molecule has 0 saturated heterocycles. The van der Waals surface area contributed by atoms with Crippen LogP contribution in [0, 0.1) is 13.8 Å². The summed E-state index contributed by atoms with van der Waals surface area (Å²) in [5, 5.41) is 10.5. The number of fused-ring (bicyclic) bond motifs is 1. The van der Waals surface area contributed by atoms with Crippen LogP contribution < -0.4 is 0 Å². The van der Waals surface area contributed by atoms with Crippen molar-refractivity contribution in [1.29, 1.82) is 0 Å². The number of benzene rings is 1. The molecule has 0 bridgehead atoms. The molecule has 94 valence electrons. The number of aliphatic carboxylic acids is 1. The molecule has 0 aliphatic heterocycles. The van der Waals surface area contributed by atoms with Crippen LogP contribution in [0.3, 0.4) is 0 Å². The Bertz CT molecular complexity index is 632. The Morgan fingerprint density at radius 2 is 2.06 bits per heavy atom. The quantitative estimate of drug-likeness (QED) is 0.878. The fraction of sp³-hybridized carbons (Fsp3) is 0.400. The van der Waals surface area contributed by atoms with E-state index >= 15 is 0 Å². The molecule has 0 atom stereocenters. The number of hydrogen-bond acceptors (Lipinski definition) is 2. The van der Waals surface area contributed by atoms with E-state index in [1.165, 1.54) is 0 Å². The van der Waals surface area contributed by atoms with Crippen molar-refractivity contribution < 1.29 is 14.3 Å². The second-order valence-electron chi connectivity index (χ2n) is 5.23. The molecular weight excluding hydrogens is 228 g/mol. The molecule has 0 radical (unpaired) electrons. The van der Waals surface area contributed by atoms with E-state index in [1.54, 1.807) is 0 Å². The van der Waals surface area contributed by atoms with Gasteiger partial charge in [0.25, 0.3) is 0 Å². The maximum atomic E-state index is 11.5. The van der Waals surface area contributed by atoms with Crippen LogP contribution in [0.2, 0.25) is 0 Å². The first kappa shape index (κ1) is 11.3. The van der Waals surface area contributed by atoms with Gasteiger partial charge in [-0.05, 0) is 43.9 Å². The van der Waals surface area contributed by atoms with Gasteiger partial charge in [0, 0.05) is 5.39 Å². The highest BCUT2D eigenvalue weighted by atomic mass is 16.4. The Morgan fingerprint density at radius 3 is 2.61 bits per heavy atom. The van der Waals surface area contributed by atoms with E-state index in [0.29, 0.717) is 0 Å². The first-order chi connectivity index (χ1) is 8.54. The maximum absolute atomic E-state index is 11.5. The molecule has 1 aromatic carbocycles. The third-order valence-electron chi connectivity index (χ3n) is 4.35. The molecule has 0 amide bonds. The summed E-state index contributed by atoms with van der Waals surface area (Å²) in [4.78, 5) is 11.5. The highest BCUT2D eigenvalue weighted by Gasteiger charge is 2.46. The number of carboxylic acids is 1. The van der Waals surface area contributed by atoms with E-state index < -0.39 is 11.4 Å². The van der Waals surface area contributed by atoms with Crippen molar-refractivity contribution in [3.8, 4) is 0 Å². The summed E-state index contributed by atoms with van der Waals surface area (Å²) in [5.41, 5.74) is 2.13. The third kappa shape index (κ3) is 1.33. The number of carboxylic acid groups (broad SMARTS) is 1. The van der Waals surface area contributed by atoms with Crippen LogP contribution in [0.25, 0.3) is 11.0 Å². The van der Waals surface area contributed by atoms with Gasteiger partial charge in [0.05, 0.1) is 5.41 Å². The minimum absolute atomic E-state index is 0.678. The van der Waals surface area contributed by atoms with Crippen LogP contribution in [0.1, 0.15) is 36.1 Å². The van der Waals surface area contributed by atoms with Crippen molar-refractivity contribution in [2.45, 2.75) is 38.5 Å². The number of hydrogen-bond donors (Lipinski definition) is 1. The van der Waals surface area contributed by atoms with Crippen molar-refractivity contribution in [3.63, 3.8) is 0 Å². The lowest BCUT2D eigenvalue weighted by atomic mass is 9.64. The molecule has 1 fully saturated rings. The molecule has 1 N–H and O–H groups in total. The molecular formula is C15H16O3. The third-order valence-corrected chi connectivity index (χ3v) is 4.35. The fourth-order valence-electron chi connectivity index (χ4n) is 2.80. The van der Waals surface area contributed by atoms with E-state index in [4.69, 9.17) is 4.42 Å². The SMILES string of the molecule is Cc1oc2cc(C3(C(=O)O)CCC3)ccc2c1C. The van der Waals surface area contributed by atoms with Crippen molar-refractivity contribution in [3.05, 3.63) is 35.1 Å². The molecule has 1 aliphatic carbocycles. The molecule has 3 heteroatoms. The summed E-state index contributed by atoms with van der Waals surface area (Å²) >= 11 is 0. The lowest BCUT2D eigenvalue weighted by Gasteiger charge is -2.38. The molecule has 18 heavy (non-hydrogen) atoms. The monoisotopic (exact) mass is 244 g/mol. The summed E-state index contributed by atoms with van der Waals surface area (Å²) in [6, 6.07) is 5.83. The number of aryl methyl sites for hydroxylation is 2. The maximum Gasteiger partial charge on any atom is 0.314 e. The second kappa shape index (κ2) is 3.61. The average Bonchev–Trinajstić information content (AvgIpc) is 2.52. The zero-order valence-corrected chi connectivity index (χ0v) is 10.6. The molecule has 2 aromatic rings. The van der Waals surface area contributed by atoms with E-state index in [2.05, 4.69) is 0 Å². The fourth-order valence-corrected chi connectivity index (χ4v) is 2.80. The lowest BCUT2D eigenvalue weighted by Crippen LogP contribution is -2.42. The summed E-state index contributed by atoms with van der Waals surface area (Å²) in [7, 11) is 0. The predicted octanol–water partition coefficient (Wildman–Crippen LogP) is 3.56. The summed E-state index contributed by atoms with van der Waals surface area (Å²) in [5.74, 6) is 0.188. The summed E-state index contributed by atoms with van der Waals surface area (Å²) in [6.45, 7) is 3.96. The van der Waals surface area contributed by atoms with Crippen LogP contribution in [-0.2, 0) is 10.2 Å². The van der Waals surface area contributed by atoms with Gasteiger partial charge in [0.15, 0.2) is 0 Å². The number of rotatable bonds is 2. The Hall–Kier alpha value is -1.77.